The number of ether oxygens (including phenoxy) is 1. The molecular weight excluding hydrogens is 537 g/mol. The Morgan fingerprint density at radius 1 is 0.938 bits per heavy atom. The largest absolute Gasteiger partial charge is 0.481 e. The SMILES string of the molecule is C=CC(C)(C)Oc1ccc(C(=O)Nc2c(SF)c(SF)c(SF)c(SF)c2SF)cc1F. The first-order valence-electron chi connectivity index (χ1n) is 8.28. The topological polar surface area (TPSA) is 38.3 Å². The van der Waals surface area contributed by atoms with Crippen LogP contribution in [0.3, 0.4) is 0 Å². The van der Waals surface area contributed by atoms with Crippen LogP contribution in [0.2, 0.25) is 0 Å². The zero-order valence-corrected chi connectivity index (χ0v) is 20.2. The van der Waals surface area contributed by atoms with Crippen molar-refractivity contribution >= 4 is 72.3 Å². The van der Waals surface area contributed by atoms with Gasteiger partial charge in [0.05, 0.1) is 90.9 Å². The molecule has 0 radical (unpaired) electrons. The molecule has 0 aliphatic rings. The van der Waals surface area contributed by atoms with Crippen LogP contribution in [0.1, 0.15) is 24.2 Å². The Bertz CT molecular complexity index is 991. The predicted molar refractivity (Wildman–Crippen MR) is 121 cm³/mol. The van der Waals surface area contributed by atoms with Gasteiger partial charge in [-0.3, -0.25) is 4.79 Å². The first kappa shape index (κ1) is 27.0. The van der Waals surface area contributed by atoms with Crippen LogP contribution in [0.15, 0.2) is 55.3 Å². The Morgan fingerprint density at radius 3 is 1.81 bits per heavy atom. The number of anilines is 1. The highest BCUT2D eigenvalue weighted by Gasteiger charge is 2.29. The fourth-order valence-electron chi connectivity index (χ4n) is 2.35. The minimum Gasteiger partial charge on any atom is -0.481 e. The standard InChI is InChI=1S/C18H13F6NO2S5/c1-4-18(2,3)27-10-6-5-8(7-9(10)19)17(26)25-11-12(28-20)14(30-22)16(32-24)15(31-23)13(11)29-21/h4-7H,1H2,2-3H3,(H,25,26). The molecule has 0 fully saturated rings. The second kappa shape index (κ2) is 11.8. The Balaban J connectivity index is 2.51. The van der Waals surface area contributed by atoms with Gasteiger partial charge in [0.25, 0.3) is 5.91 Å². The molecule has 0 atom stereocenters. The summed E-state index contributed by atoms with van der Waals surface area (Å²) in [6, 6.07) is 3.16. The van der Waals surface area contributed by atoms with Gasteiger partial charge in [0.1, 0.15) is 5.60 Å². The van der Waals surface area contributed by atoms with Crippen molar-refractivity contribution in [1.82, 2.24) is 0 Å². The lowest BCUT2D eigenvalue weighted by Crippen LogP contribution is -2.25. The van der Waals surface area contributed by atoms with E-state index in [9.17, 15) is 28.6 Å². The molecule has 0 saturated carbocycles. The summed E-state index contributed by atoms with van der Waals surface area (Å²) in [5.74, 6) is -2.12. The summed E-state index contributed by atoms with van der Waals surface area (Å²) >= 11 is -2.99. The van der Waals surface area contributed by atoms with Gasteiger partial charge in [0, 0.05) is 5.56 Å². The van der Waals surface area contributed by atoms with Crippen molar-refractivity contribution in [2.75, 3.05) is 5.32 Å². The number of benzene rings is 2. The number of carbonyl (C=O) groups excluding carboxylic acids is 1. The van der Waals surface area contributed by atoms with Crippen molar-refractivity contribution < 1.29 is 33.4 Å². The normalized spacial score (nSPS) is 11.4. The molecule has 1 amide bonds. The molecule has 2 rings (SSSR count). The van der Waals surface area contributed by atoms with Gasteiger partial charge in [-0.2, -0.15) is 19.4 Å². The van der Waals surface area contributed by atoms with E-state index in [4.69, 9.17) is 4.74 Å². The van der Waals surface area contributed by atoms with Crippen molar-refractivity contribution in [3.05, 3.63) is 42.2 Å². The lowest BCUT2D eigenvalue weighted by atomic mass is 10.1. The number of carbonyl (C=O) groups is 1. The monoisotopic (exact) mass is 549 g/mol. The molecular formula is C18H13F6NO2S5. The maximum atomic E-state index is 14.4. The fraction of sp³-hybridized carbons (Fsp3) is 0.167. The van der Waals surface area contributed by atoms with Crippen molar-refractivity contribution in [2.45, 2.75) is 43.9 Å². The van der Waals surface area contributed by atoms with E-state index in [0.717, 1.165) is 6.07 Å². The van der Waals surface area contributed by atoms with E-state index >= 15 is 0 Å². The van der Waals surface area contributed by atoms with Gasteiger partial charge in [-0.1, -0.05) is 6.58 Å². The summed E-state index contributed by atoms with van der Waals surface area (Å²) in [6.07, 6.45) is 1.44. The molecule has 0 aliphatic carbocycles. The molecule has 3 nitrogen and oxygen atoms in total. The van der Waals surface area contributed by atoms with Crippen LogP contribution in [0.5, 0.6) is 5.75 Å². The molecule has 0 saturated heterocycles. The van der Waals surface area contributed by atoms with Gasteiger partial charge >= 0.3 is 0 Å². The molecule has 14 heteroatoms. The van der Waals surface area contributed by atoms with Crippen molar-refractivity contribution in [3.8, 4) is 5.75 Å². The maximum Gasteiger partial charge on any atom is 0.255 e. The van der Waals surface area contributed by atoms with Crippen LogP contribution in [0, 0.1) is 5.82 Å². The first-order chi connectivity index (χ1) is 15.2. The summed E-state index contributed by atoms with van der Waals surface area (Å²) in [7, 11) is 0. The second-order valence-electron chi connectivity index (χ2n) is 6.42. The Hall–Kier alpha value is -1.22. The van der Waals surface area contributed by atoms with E-state index in [-0.39, 0.29) is 11.3 Å². The summed E-state index contributed by atoms with van der Waals surface area (Å²) in [4.78, 5) is 9.25. The zero-order valence-electron chi connectivity index (χ0n) is 16.1. The minimum absolute atomic E-state index is 0.178. The lowest BCUT2D eigenvalue weighted by molar-refractivity contribution is 0.102. The van der Waals surface area contributed by atoms with Gasteiger partial charge in [-0.25, -0.2) is 4.39 Å². The lowest BCUT2D eigenvalue weighted by Gasteiger charge is -2.22. The Labute approximate surface area is 202 Å². The molecule has 0 unspecified atom stereocenters. The number of hydrogen-bond donors (Lipinski definition) is 1. The van der Waals surface area contributed by atoms with E-state index in [1.165, 1.54) is 18.2 Å². The van der Waals surface area contributed by atoms with Crippen molar-refractivity contribution in [3.63, 3.8) is 0 Å². The fourth-order valence-corrected chi connectivity index (χ4v) is 5.20. The number of nitrogens with one attached hydrogen (secondary N) is 1. The third-order valence-corrected chi connectivity index (χ3v) is 7.29. The van der Waals surface area contributed by atoms with Gasteiger partial charge in [-0.15, -0.1) is 0 Å². The van der Waals surface area contributed by atoms with E-state index < -0.39 is 108 Å². The van der Waals surface area contributed by atoms with Crippen LogP contribution < -0.4 is 10.1 Å². The van der Waals surface area contributed by atoms with E-state index in [1.807, 2.05) is 0 Å². The van der Waals surface area contributed by atoms with Gasteiger partial charge in [0.15, 0.2) is 11.6 Å². The molecule has 2 aromatic rings. The third-order valence-electron chi connectivity index (χ3n) is 3.96. The van der Waals surface area contributed by atoms with Crippen LogP contribution in [-0.4, -0.2) is 11.5 Å². The average molecular weight is 550 g/mol. The third kappa shape index (κ3) is 5.82. The highest BCUT2D eigenvalue weighted by Crippen LogP contribution is 2.54. The highest BCUT2D eigenvalue weighted by molar-refractivity contribution is 8.00. The smallest absolute Gasteiger partial charge is 0.255 e. The quantitative estimate of drug-likeness (QED) is 0.234. The molecule has 0 spiro atoms. The predicted octanol–water partition coefficient (Wildman–Crippen LogP) is 9.30. The Morgan fingerprint density at radius 2 is 1.41 bits per heavy atom. The summed E-state index contributed by atoms with van der Waals surface area (Å²) in [6.45, 7) is 6.83. The van der Waals surface area contributed by atoms with E-state index in [0.29, 0.717) is 0 Å². The van der Waals surface area contributed by atoms with Gasteiger partial charge in [-0.05, 0) is 38.1 Å². The number of rotatable bonds is 10. The molecule has 0 aliphatic heterocycles. The average Bonchev–Trinajstić information content (AvgIpc) is 2.78. The number of halogens is 6. The van der Waals surface area contributed by atoms with Crippen LogP contribution >= 0.6 is 60.7 Å². The van der Waals surface area contributed by atoms with Gasteiger partial charge in [0.2, 0.25) is 0 Å². The molecule has 2 aromatic carbocycles. The minimum atomic E-state index is -1.03. The van der Waals surface area contributed by atoms with Crippen LogP contribution in [-0.2, 0) is 0 Å². The molecule has 32 heavy (non-hydrogen) atoms. The maximum absolute atomic E-state index is 14.4. The number of hydrogen-bond acceptors (Lipinski definition) is 7. The Kier molecular flexibility index (Phi) is 9.94. The molecule has 1 N–H and O–H groups in total. The summed E-state index contributed by atoms with van der Waals surface area (Å²) in [5, 5.41) is 2.13. The first-order valence-corrected chi connectivity index (χ1v) is 11.9. The number of amides is 1. The molecule has 0 aromatic heterocycles. The molecule has 174 valence electrons. The molecule has 0 bridgehead atoms. The highest BCUT2D eigenvalue weighted by atomic mass is 32.2. The van der Waals surface area contributed by atoms with E-state index in [1.54, 1.807) is 13.8 Å². The van der Waals surface area contributed by atoms with Crippen molar-refractivity contribution in [1.29, 1.82) is 0 Å². The summed E-state index contributed by atoms with van der Waals surface area (Å²) in [5.41, 5.74) is -1.80. The van der Waals surface area contributed by atoms with Crippen LogP contribution in [0.4, 0.5) is 29.5 Å². The summed E-state index contributed by atoms with van der Waals surface area (Å²) < 4.78 is 87.2. The van der Waals surface area contributed by atoms with Gasteiger partial charge < -0.3 is 10.1 Å². The van der Waals surface area contributed by atoms with Crippen molar-refractivity contribution in [2.24, 2.45) is 0 Å². The van der Waals surface area contributed by atoms with Crippen LogP contribution in [0.25, 0.3) is 0 Å². The van der Waals surface area contributed by atoms with E-state index in [2.05, 4.69) is 11.9 Å². The molecule has 0 heterocycles. The second-order valence-corrected chi connectivity index (χ2v) is 9.23. The zero-order chi connectivity index (χ0) is 24.1.